The SMILES string of the molecule is O=C1CC(Sc2nnc(Cc3ccccc3)o2)C(=O)N1c1ccccc1. The lowest BCUT2D eigenvalue weighted by molar-refractivity contribution is -0.121. The maximum atomic E-state index is 12.6. The lowest BCUT2D eigenvalue weighted by Gasteiger charge is -2.13. The predicted octanol–water partition coefficient (Wildman–Crippen LogP) is 3.08. The first-order valence-electron chi connectivity index (χ1n) is 8.15. The van der Waals surface area contributed by atoms with Gasteiger partial charge in [0.1, 0.15) is 5.25 Å². The average molecular weight is 365 g/mol. The second-order valence-corrected chi connectivity index (χ2v) is 6.99. The van der Waals surface area contributed by atoms with Crippen LogP contribution >= 0.6 is 11.8 Å². The number of nitrogens with zero attached hydrogens (tertiary/aromatic N) is 3. The van der Waals surface area contributed by atoms with Crippen molar-refractivity contribution in [3.63, 3.8) is 0 Å². The maximum Gasteiger partial charge on any atom is 0.277 e. The molecule has 7 heteroatoms. The standard InChI is InChI=1S/C19H15N3O3S/c23-17-12-15(18(24)22(17)14-9-5-2-6-10-14)26-19-21-20-16(25-19)11-13-7-3-1-4-8-13/h1-10,15H,11-12H2. The number of benzene rings is 2. The van der Waals surface area contributed by atoms with E-state index in [0.717, 1.165) is 17.3 Å². The van der Waals surface area contributed by atoms with Crippen molar-refractivity contribution in [1.29, 1.82) is 0 Å². The van der Waals surface area contributed by atoms with Gasteiger partial charge in [-0.05, 0) is 17.7 Å². The third-order valence-corrected chi connectivity index (χ3v) is 5.03. The highest BCUT2D eigenvalue weighted by Gasteiger charge is 2.41. The van der Waals surface area contributed by atoms with Crippen LogP contribution < -0.4 is 4.90 Å². The molecule has 0 spiro atoms. The minimum atomic E-state index is -0.548. The summed E-state index contributed by atoms with van der Waals surface area (Å²) < 4.78 is 5.63. The molecule has 0 N–H and O–H groups in total. The Balaban J connectivity index is 1.45. The summed E-state index contributed by atoms with van der Waals surface area (Å²) >= 11 is 1.14. The minimum absolute atomic E-state index is 0.120. The number of thioether (sulfide) groups is 1. The average Bonchev–Trinajstić information content (AvgIpc) is 3.21. The van der Waals surface area contributed by atoms with E-state index in [1.165, 1.54) is 4.90 Å². The summed E-state index contributed by atoms with van der Waals surface area (Å²) in [6.45, 7) is 0. The molecule has 1 aliphatic heterocycles. The van der Waals surface area contributed by atoms with Gasteiger partial charge in [-0.3, -0.25) is 9.59 Å². The molecule has 1 aromatic heterocycles. The predicted molar refractivity (Wildman–Crippen MR) is 96.7 cm³/mol. The van der Waals surface area contributed by atoms with Gasteiger partial charge in [0.15, 0.2) is 0 Å². The van der Waals surface area contributed by atoms with Gasteiger partial charge >= 0.3 is 0 Å². The number of hydrogen-bond acceptors (Lipinski definition) is 6. The summed E-state index contributed by atoms with van der Waals surface area (Å²) in [7, 11) is 0. The van der Waals surface area contributed by atoms with Crippen LogP contribution in [0.15, 0.2) is 70.3 Å². The Kier molecular flexibility index (Phi) is 4.53. The molecule has 0 bridgehead atoms. The highest BCUT2D eigenvalue weighted by Crippen LogP contribution is 2.33. The maximum absolute atomic E-state index is 12.6. The summed E-state index contributed by atoms with van der Waals surface area (Å²) in [4.78, 5) is 26.1. The molecule has 0 radical (unpaired) electrons. The Labute approximate surface area is 154 Å². The fourth-order valence-corrected chi connectivity index (χ4v) is 3.70. The van der Waals surface area contributed by atoms with E-state index in [1.54, 1.807) is 24.3 Å². The molecule has 6 nitrogen and oxygen atoms in total. The number of amides is 2. The van der Waals surface area contributed by atoms with Crippen LogP contribution in [0.25, 0.3) is 0 Å². The van der Waals surface area contributed by atoms with Crippen molar-refractivity contribution in [3.05, 3.63) is 72.1 Å². The van der Waals surface area contributed by atoms with Gasteiger partial charge in [-0.15, -0.1) is 10.2 Å². The normalized spacial score (nSPS) is 17.1. The van der Waals surface area contributed by atoms with Crippen molar-refractivity contribution in [2.75, 3.05) is 4.90 Å². The van der Waals surface area contributed by atoms with E-state index in [9.17, 15) is 9.59 Å². The fourth-order valence-electron chi connectivity index (χ4n) is 2.79. The van der Waals surface area contributed by atoms with Crippen LogP contribution in [0.3, 0.4) is 0 Å². The van der Waals surface area contributed by atoms with Gasteiger partial charge in [0.05, 0.1) is 12.1 Å². The van der Waals surface area contributed by atoms with Gasteiger partial charge < -0.3 is 4.42 Å². The fraction of sp³-hybridized carbons (Fsp3) is 0.158. The highest BCUT2D eigenvalue weighted by atomic mass is 32.2. The van der Waals surface area contributed by atoms with E-state index in [0.29, 0.717) is 23.2 Å². The third-order valence-electron chi connectivity index (χ3n) is 4.01. The van der Waals surface area contributed by atoms with E-state index in [4.69, 9.17) is 4.42 Å². The van der Waals surface area contributed by atoms with Gasteiger partial charge in [-0.1, -0.05) is 60.3 Å². The number of para-hydroxylation sites is 1. The first-order chi connectivity index (χ1) is 12.7. The van der Waals surface area contributed by atoms with Crippen LogP contribution in [-0.2, 0) is 16.0 Å². The van der Waals surface area contributed by atoms with Crippen LogP contribution in [0.4, 0.5) is 5.69 Å². The zero-order valence-corrected chi connectivity index (χ0v) is 14.6. The molecule has 1 atom stereocenters. The summed E-state index contributed by atoms with van der Waals surface area (Å²) in [5, 5.41) is 7.78. The molecule has 2 aromatic carbocycles. The molecule has 0 aliphatic carbocycles. The molecule has 1 unspecified atom stereocenters. The first kappa shape index (κ1) is 16.5. The van der Waals surface area contributed by atoms with Crippen molar-refractivity contribution >= 4 is 29.3 Å². The summed E-state index contributed by atoms with van der Waals surface area (Å²) in [5.41, 5.74) is 1.65. The monoisotopic (exact) mass is 365 g/mol. The Hall–Kier alpha value is -2.93. The van der Waals surface area contributed by atoms with E-state index >= 15 is 0 Å². The Morgan fingerprint density at radius 3 is 2.42 bits per heavy atom. The van der Waals surface area contributed by atoms with Crippen LogP contribution in [0, 0.1) is 0 Å². The number of aromatic nitrogens is 2. The van der Waals surface area contributed by atoms with Gasteiger partial charge in [0, 0.05) is 6.42 Å². The van der Waals surface area contributed by atoms with Gasteiger partial charge in [0.25, 0.3) is 5.22 Å². The van der Waals surface area contributed by atoms with E-state index in [2.05, 4.69) is 10.2 Å². The van der Waals surface area contributed by atoms with Crippen molar-refractivity contribution in [1.82, 2.24) is 10.2 Å². The molecule has 130 valence electrons. The van der Waals surface area contributed by atoms with E-state index in [-0.39, 0.29) is 18.2 Å². The van der Waals surface area contributed by atoms with Crippen LogP contribution in [-0.4, -0.2) is 27.3 Å². The lowest BCUT2D eigenvalue weighted by Crippen LogP contribution is -2.30. The molecule has 0 saturated carbocycles. The molecule has 1 saturated heterocycles. The number of hydrogen-bond donors (Lipinski definition) is 0. The van der Waals surface area contributed by atoms with Crippen molar-refractivity contribution < 1.29 is 14.0 Å². The molecule has 4 rings (SSSR count). The van der Waals surface area contributed by atoms with Crippen molar-refractivity contribution in [2.24, 2.45) is 0 Å². The Morgan fingerprint density at radius 1 is 1.00 bits per heavy atom. The zero-order valence-electron chi connectivity index (χ0n) is 13.7. The Bertz CT molecular complexity index is 927. The van der Waals surface area contributed by atoms with Gasteiger partial charge in [0.2, 0.25) is 17.7 Å². The Morgan fingerprint density at radius 2 is 1.69 bits per heavy atom. The lowest BCUT2D eigenvalue weighted by atomic mass is 10.2. The van der Waals surface area contributed by atoms with E-state index in [1.807, 2.05) is 36.4 Å². The van der Waals surface area contributed by atoms with Crippen molar-refractivity contribution in [3.8, 4) is 0 Å². The number of carbonyl (C=O) groups is 2. The van der Waals surface area contributed by atoms with Crippen molar-refractivity contribution in [2.45, 2.75) is 23.3 Å². The summed E-state index contributed by atoms with van der Waals surface area (Å²) in [6, 6.07) is 18.7. The second-order valence-electron chi connectivity index (χ2n) is 5.84. The molecule has 3 aromatic rings. The topological polar surface area (TPSA) is 76.3 Å². The molecule has 1 aliphatic rings. The molecular weight excluding hydrogens is 350 g/mol. The first-order valence-corrected chi connectivity index (χ1v) is 9.03. The number of rotatable bonds is 5. The molecular formula is C19H15N3O3S. The van der Waals surface area contributed by atoms with E-state index < -0.39 is 5.25 Å². The molecule has 26 heavy (non-hydrogen) atoms. The van der Waals surface area contributed by atoms with Crippen LogP contribution in [0.1, 0.15) is 17.9 Å². The third kappa shape index (κ3) is 3.39. The second kappa shape index (κ2) is 7.13. The quantitative estimate of drug-likeness (QED) is 0.647. The largest absolute Gasteiger partial charge is 0.416 e. The van der Waals surface area contributed by atoms with Gasteiger partial charge in [-0.25, -0.2) is 4.90 Å². The van der Waals surface area contributed by atoms with Gasteiger partial charge in [-0.2, -0.15) is 0 Å². The molecule has 1 fully saturated rings. The highest BCUT2D eigenvalue weighted by molar-refractivity contribution is 8.00. The minimum Gasteiger partial charge on any atom is -0.416 e. The van der Waals surface area contributed by atoms with Crippen LogP contribution in [0.2, 0.25) is 0 Å². The molecule has 2 heterocycles. The summed E-state index contributed by atoms with van der Waals surface area (Å²) in [6.07, 6.45) is 0.650. The molecule has 2 amide bonds. The van der Waals surface area contributed by atoms with Crippen LogP contribution in [0.5, 0.6) is 0 Å². The summed E-state index contributed by atoms with van der Waals surface area (Å²) in [5.74, 6) is 0.00659. The number of imide groups is 1. The number of carbonyl (C=O) groups excluding carboxylic acids is 2. The zero-order chi connectivity index (χ0) is 17.9. The smallest absolute Gasteiger partial charge is 0.277 e. The number of anilines is 1.